The number of hydrogen-bond acceptors (Lipinski definition) is 1. The van der Waals surface area contributed by atoms with Crippen LogP contribution in [0.1, 0.15) is 91.4 Å². The highest BCUT2D eigenvalue weighted by atomic mass is 19.3. The molecule has 1 nitrogen and oxygen atoms in total. The van der Waals surface area contributed by atoms with E-state index in [0.717, 1.165) is 57.8 Å². The van der Waals surface area contributed by atoms with Crippen molar-refractivity contribution in [3.8, 4) is 0 Å². The number of rotatable bonds is 10. The molecule has 21 heavy (non-hydrogen) atoms. The zero-order chi connectivity index (χ0) is 15.7. The number of ether oxygens (including phenoxy) is 1. The molecule has 0 bridgehead atoms. The monoisotopic (exact) mass is 304 g/mol. The summed E-state index contributed by atoms with van der Waals surface area (Å²) in [7, 11) is 0. The van der Waals surface area contributed by atoms with Crippen molar-refractivity contribution < 1.29 is 13.5 Å². The van der Waals surface area contributed by atoms with Crippen LogP contribution in [0.25, 0.3) is 0 Å². The molecule has 1 aliphatic carbocycles. The molecule has 0 aliphatic heterocycles. The lowest BCUT2D eigenvalue weighted by Gasteiger charge is -2.35. The van der Waals surface area contributed by atoms with E-state index in [-0.39, 0.29) is 6.10 Å². The molecule has 0 aromatic carbocycles. The van der Waals surface area contributed by atoms with Crippen LogP contribution in [-0.4, -0.2) is 12.2 Å². The summed E-state index contributed by atoms with van der Waals surface area (Å²) in [4.78, 5) is 0. The van der Waals surface area contributed by atoms with Gasteiger partial charge >= 0.3 is 6.11 Å². The largest absolute Gasteiger partial charge is 0.358 e. The lowest BCUT2D eigenvalue weighted by molar-refractivity contribution is -0.299. The SMILES string of the molecule is CCCCCC(CCC)OC(F)(F)C1CCC(CC)CC1. The highest BCUT2D eigenvalue weighted by molar-refractivity contribution is 4.78. The first kappa shape index (κ1) is 18.9. The maximum absolute atomic E-state index is 14.4. The van der Waals surface area contributed by atoms with Crippen molar-refractivity contribution in [2.24, 2.45) is 11.8 Å². The fourth-order valence-corrected chi connectivity index (χ4v) is 3.43. The lowest BCUT2D eigenvalue weighted by Crippen LogP contribution is -2.38. The molecule has 1 unspecified atom stereocenters. The minimum Gasteiger partial charge on any atom is -0.317 e. The lowest BCUT2D eigenvalue weighted by atomic mass is 9.80. The van der Waals surface area contributed by atoms with Gasteiger partial charge in [0.2, 0.25) is 0 Å². The Hall–Kier alpha value is -0.180. The minimum absolute atomic E-state index is 0.263. The Morgan fingerprint density at radius 3 is 2.14 bits per heavy atom. The Morgan fingerprint density at radius 1 is 0.952 bits per heavy atom. The summed E-state index contributed by atoms with van der Waals surface area (Å²) in [6.45, 7) is 6.34. The Bertz CT molecular complexity index is 260. The highest BCUT2D eigenvalue weighted by Crippen LogP contribution is 2.41. The van der Waals surface area contributed by atoms with Crippen LogP contribution in [-0.2, 0) is 4.74 Å². The van der Waals surface area contributed by atoms with Gasteiger partial charge in [0.1, 0.15) is 0 Å². The second-order valence-corrected chi connectivity index (χ2v) is 6.71. The normalized spacial score (nSPS) is 25.0. The molecule has 1 rings (SSSR count). The molecular weight excluding hydrogens is 270 g/mol. The maximum atomic E-state index is 14.4. The molecule has 0 amide bonds. The zero-order valence-corrected chi connectivity index (χ0v) is 14.2. The van der Waals surface area contributed by atoms with E-state index in [1.165, 1.54) is 0 Å². The Kier molecular flexibility index (Phi) is 8.77. The molecule has 0 heterocycles. The van der Waals surface area contributed by atoms with Crippen LogP contribution in [0.5, 0.6) is 0 Å². The van der Waals surface area contributed by atoms with E-state index in [4.69, 9.17) is 4.74 Å². The van der Waals surface area contributed by atoms with E-state index >= 15 is 0 Å². The molecule has 1 saturated carbocycles. The molecule has 126 valence electrons. The Morgan fingerprint density at radius 2 is 1.62 bits per heavy atom. The standard InChI is InChI=1S/C18H34F2O/c1-4-7-8-10-17(9-5-2)21-18(19,20)16-13-11-15(6-3)12-14-16/h15-17H,4-14H2,1-3H3. The third-order valence-corrected chi connectivity index (χ3v) is 4.96. The Labute approximate surface area is 129 Å². The average molecular weight is 304 g/mol. The van der Waals surface area contributed by atoms with E-state index in [9.17, 15) is 8.78 Å². The molecule has 0 N–H and O–H groups in total. The second kappa shape index (κ2) is 9.76. The van der Waals surface area contributed by atoms with Crippen molar-refractivity contribution in [3.05, 3.63) is 0 Å². The van der Waals surface area contributed by atoms with Crippen molar-refractivity contribution in [3.63, 3.8) is 0 Å². The van der Waals surface area contributed by atoms with Gasteiger partial charge in [-0.3, -0.25) is 0 Å². The third-order valence-electron chi connectivity index (χ3n) is 4.96. The first-order valence-corrected chi connectivity index (χ1v) is 9.09. The van der Waals surface area contributed by atoms with Crippen molar-refractivity contribution in [2.45, 2.75) is 104 Å². The molecule has 0 aromatic rings. The molecule has 0 aromatic heterocycles. The van der Waals surface area contributed by atoms with Crippen LogP contribution in [0.2, 0.25) is 0 Å². The molecule has 1 fully saturated rings. The first-order valence-electron chi connectivity index (χ1n) is 9.09. The van der Waals surface area contributed by atoms with Crippen molar-refractivity contribution in [1.29, 1.82) is 0 Å². The van der Waals surface area contributed by atoms with Crippen LogP contribution in [0.3, 0.4) is 0 Å². The van der Waals surface area contributed by atoms with Gasteiger partial charge < -0.3 is 4.74 Å². The summed E-state index contributed by atoms with van der Waals surface area (Å²) >= 11 is 0. The molecule has 1 aliphatic rings. The van der Waals surface area contributed by atoms with Crippen LogP contribution < -0.4 is 0 Å². The molecule has 0 spiro atoms. The predicted octanol–water partition coefficient (Wildman–Crippen LogP) is 6.56. The highest BCUT2D eigenvalue weighted by Gasteiger charge is 2.43. The topological polar surface area (TPSA) is 9.23 Å². The van der Waals surface area contributed by atoms with Gasteiger partial charge in [0.05, 0.1) is 12.0 Å². The van der Waals surface area contributed by atoms with Crippen LogP contribution in [0.15, 0.2) is 0 Å². The minimum atomic E-state index is -2.93. The summed E-state index contributed by atoms with van der Waals surface area (Å²) in [5.74, 6) is 0.0823. The van der Waals surface area contributed by atoms with E-state index < -0.39 is 12.0 Å². The van der Waals surface area contributed by atoms with Crippen LogP contribution in [0, 0.1) is 11.8 Å². The molecule has 1 atom stereocenters. The van der Waals surface area contributed by atoms with Crippen molar-refractivity contribution in [1.82, 2.24) is 0 Å². The maximum Gasteiger partial charge on any atom is 0.358 e. The predicted molar refractivity (Wildman–Crippen MR) is 84.6 cm³/mol. The quantitative estimate of drug-likeness (QED) is 0.415. The van der Waals surface area contributed by atoms with Gasteiger partial charge in [0.25, 0.3) is 0 Å². The van der Waals surface area contributed by atoms with Gasteiger partial charge in [-0.1, -0.05) is 52.9 Å². The fraction of sp³-hybridized carbons (Fsp3) is 1.00. The summed E-state index contributed by atoms with van der Waals surface area (Å²) in [6, 6.07) is 0. The fourth-order valence-electron chi connectivity index (χ4n) is 3.43. The van der Waals surface area contributed by atoms with Gasteiger partial charge in [-0.05, 0) is 44.4 Å². The Balaban J connectivity index is 2.46. The van der Waals surface area contributed by atoms with Crippen molar-refractivity contribution >= 4 is 0 Å². The van der Waals surface area contributed by atoms with Gasteiger partial charge in [-0.15, -0.1) is 0 Å². The number of hydrogen-bond donors (Lipinski definition) is 0. The smallest absolute Gasteiger partial charge is 0.317 e. The van der Waals surface area contributed by atoms with Gasteiger partial charge in [0, 0.05) is 0 Å². The average Bonchev–Trinajstić information content (AvgIpc) is 2.47. The second-order valence-electron chi connectivity index (χ2n) is 6.71. The van der Waals surface area contributed by atoms with E-state index in [1.807, 2.05) is 6.92 Å². The summed E-state index contributed by atoms with van der Waals surface area (Å²) in [6.07, 6.45) is 6.73. The van der Waals surface area contributed by atoms with E-state index in [0.29, 0.717) is 18.8 Å². The summed E-state index contributed by atoms with van der Waals surface area (Å²) < 4.78 is 34.1. The van der Waals surface area contributed by atoms with Crippen LogP contribution in [0.4, 0.5) is 8.78 Å². The van der Waals surface area contributed by atoms with Gasteiger partial charge in [0.15, 0.2) is 0 Å². The van der Waals surface area contributed by atoms with Gasteiger partial charge in [-0.25, -0.2) is 0 Å². The zero-order valence-electron chi connectivity index (χ0n) is 14.2. The van der Waals surface area contributed by atoms with Gasteiger partial charge in [-0.2, -0.15) is 8.78 Å². The van der Waals surface area contributed by atoms with Crippen molar-refractivity contribution in [2.75, 3.05) is 0 Å². The summed E-state index contributed by atoms with van der Waals surface area (Å²) in [5.41, 5.74) is 0. The van der Waals surface area contributed by atoms with Crippen LogP contribution >= 0.6 is 0 Å². The summed E-state index contributed by atoms with van der Waals surface area (Å²) in [5, 5.41) is 0. The molecular formula is C18H34F2O. The third kappa shape index (κ3) is 6.63. The first-order chi connectivity index (χ1) is 10.0. The van der Waals surface area contributed by atoms with E-state index in [2.05, 4.69) is 13.8 Å². The number of unbranched alkanes of at least 4 members (excludes halogenated alkanes) is 2. The number of halogens is 2. The molecule has 0 saturated heterocycles. The number of alkyl halides is 2. The molecule has 3 heteroatoms. The van der Waals surface area contributed by atoms with E-state index in [1.54, 1.807) is 0 Å². The molecule has 0 radical (unpaired) electrons.